The third kappa shape index (κ3) is 3.79. The molecular weight excluding hydrogens is 258 g/mol. The van der Waals surface area contributed by atoms with Crippen LogP contribution < -0.4 is 10.5 Å². The van der Waals surface area contributed by atoms with Crippen molar-refractivity contribution in [3.63, 3.8) is 0 Å². The van der Waals surface area contributed by atoms with Crippen LogP contribution in [0.4, 0.5) is 0 Å². The summed E-state index contributed by atoms with van der Waals surface area (Å²) in [6, 6.07) is 8.54. The number of hydrogen-bond acceptors (Lipinski definition) is 2. The van der Waals surface area contributed by atoms with Gasteiger partial charge < -0.3 is 10.5 Å². The number of nitrogens with two attached hydrogens (primary N) is 1. The van der Waals surface area contributed by atoms with Crippen molar-refractivity contribution in [2.24, 2.45) is 23.0 Å². The van der Waals surface area contributed by atoms with E-state index in [0.29, 0.717) is 17.3 Å². The first-order valence-corrected chi connectivity index (χ1v) is 8.39. The average molecular weight is 289 g/mol. The maximum Gasteiger partial charge on any atom is 0.122 e. The van der Waals surface area contributed by atoms with Crippen LogP contribution in [0.15, 0.2) is 24.3 Å². The van der Waals surface area contributed by atoms with Gasteiger partial charge in [0.25, 0.3) is 0 Å². The van der Waals surface area contributed by atoms with E-state index in [1.165, 1.54) is 24.8 Å². The van der Waals surface area contributed by atoms with Crippen molar-refractivity contribution in [3.8, 4) is 5.75 Å². The minimum Gasteiger partial charge on any atom is -0.494 e. The summed E-state index contributed by atoms with van der Waals surface area (Å²) in [5, 5.41) is 0. The quantitative estimate of drug-likeness (QED) is 0.880. The molecule has 1 aromatic carbocycles. The first-order chi connectivity index (χ1) is 9.97. The van der Waals surface area contributed by atoms with E-state index < -0.39 is 0 Å². The maximum atomic E-state index is 6.07. The van der Waals surface area contributed by atoms with Crippen molar-refractivity contribution in [1.29, 1.82) is 0 Å². The van der Waals surface area contributed by atoms with Gasteiger partial charge in [0, 0.05) is 0 Å². The van der Waals surface area contributed by atoms with Gasteiger partial charge >= 0.3 is 0 Å². The van der Waals surface area contributed by atoms with E-state index >= 15 is 0 Å². The van der Waals surface area contributed by atoms with Crippen LogP contribution in [0.5, 0.6) is 5.75 Å². The fraction of sp³-hybridized carbons (Fsp3) is 0.684. The molecule has 1 aliphatic carbocycles. The average Bonchev–Trinajstić information content (AvgIpc) is 2.46. The van der Waals surface area contributed by atoms with Crippen LogP contribution in [0, 0.1) is 17.3 Å². The Morgan fingerprint density at radius 1 is 1.19 bits per heavy atom. The van der Waals surface area contributed by atoms with E-state index in [1.807, 2.05) is 0 Å². The van der Waals surface area contributed by atoms with Gasteiger partial charge in [-0.3, -0.25) is 0 Å². The second kappa shape index (κ2) is 6.83. The monoisotopic (exact) mass is 289 g/mol. The molecule has 2 heteroatoms. The highest BCUT2D eigenvalue weighted by atomic mass is 16.5. The lowest BCUT2D eigenvalue weighted by Crippen LogP contribution is -2.34. The van der Waals surface area contributed by atoms with Crippen molar-refractivity contribution >= 4 is 0 Å². The van der Waals surface area contributed by atoms with Crippen LogP contribution in [-0.4, -0.2) is 13.2 Å². The molecule has 2 nitrogen and oxygen atoms in total. The molecule has 0 heterocycles. The summed E-state index contributed by atoms with van der Waals surface area (Å²) in [5.74, 6) is 2.94. The van der Waals surface area contributed by atoms with Crippen molar-refractivity contribution < 1.29 is 4.74 Å². The van der Waals surface area contributed by atoms with E-state index in [-0.39, 0.29) is 0 Å². The molecule has 1 aliphatic rings. The molecule has 0 spiro atoms. The minimum absolute atomic E-state index is 0.373. The van der Waals surface area contributed by atoms with Gasteiger partial charge in [-0.25, -0.2) is 0 Å². The molecule has 1 fully saturated rings. The number of para-hydroxylation sites is 1. The number of hydrogen-bond donors (Lipinski definition) is 1. The van der Waals surface area contributed by atoms with E-state index in [9.17, 15) is 0 Å². The smallest absolute Gasteiger partial charge is 0.122 e. The molecule has 0 radical (unpaired) electrons. The fourth-order valence-corrected chi connectivity index (χ4v) is 3.76. The predicted molar refractivity (Wildman–Crippen MR) is 89.7 cm³/mol. The molecule has 1 saturated carbocycles. The molecule has 3 unspecified atom stereocenters. The third-order valence-electron chi connectivity index (χ3n) is 5.14. The summed E-state index contributed by atoms with van der Waals surface area (Å²) in [6.07, 6.45) is 3.78. The Kier molecular flexibility index (Phi) is 5.32. The maximum absolute atomic E-state index is 6.07. The zero-order valence-electron chi connectivity index (χ0n) is 14.1. The number of ether oxygens (including phenoxy) is 1. The van der Waals surface area contributed by atoms with Gasteiger partial charge in [-0.05, 0) is 67.5 Å². The molecule has 0 aliphatic heterocycles. The molecule has 0 aromatic heterocycles. The van der Waals surface area contributed by atoms with E-state index in [0.717, 1.165) is 24.8 Å². The molecule has 118 valence electrons. The zero-order chi connectivity index (χ0) is 15.5. The predicted octanol–water partition coefficient (Wildman–Crippen LogP) is 4.59. The molecule has 0 saturated heterocycles. The van der Waals surface area contributed by atoms with Gasteiger partial charge in [-0.15, -0.1) is 0 Å². The normalized spacial score (nSPS) is 26.6. The summed E-state index contributed by atoms with van der Waals surface area (Å²) >= 11 is 0. The lowest BCUT2D eigenvalue weighted by Gasteiger charge is -2.42. The van der Waals surface area contributed by atoms with Gasteiger partial charge in [0.05, 0.1) is 6.61 Å². The van der Waals surface area contributed by atoms with Crippen LogP contribution in [0.25, 0.3) is 0 Å². The molecule has 2 rings (SSSR count). The highest BCUT2D eigenvalue weighted by Gasteiger charge is 2.36. The van der Waals surface area contributed by atoms with E-state index in [2.05, 4.69) is 52.0 Å². The summed E-state index contributed by atoms with van der Waals surface area (Å²) in [6.45, 7) is 10.7. The summed E-state index contributed by atoms with van der Waals surface area (Å²) in [5.41, 5.74) is 7.81. The van der Waals surface area contributed by atoms with Crippen molar-refractivity contribution in [1.82, 2.24) is 0 Å². The fourth-order valence-electron chi connectivity index (χ4n) is 3.76. The van der Waals surface area contributed by atoms with Crippen molar-refractivity contribution in [2.45, 2.75) is 52.9 Å². The molecule has 0 bridgehead atoms. The topological polar surface area (TPSA) is 35.2 Å². The van der Waals surface area contributed by atoms with Gasteiger partial charge in [0.15, 0.2) is 0 Å². The Morgan fingerprint density at radius 3 is 2.52 bits per heavy atom. The van der Waals surface area contributed by atoms with E-state index in [4.69, 9.17) is 10.5 Å². The van der Waals surface area contributed by atoms with Crippen LogP contribution in [0.1, 0.15) is 58.4 Å². The van der Waals surface area contributed by atoms with Gasteiger partial charge in [0.2, 0.25) is 0 Å². The molecular formula is C19H31NO. The van der Waals surface area contributed by atoms with Gasteiger partial charge in [0.1, 0.15) is 5.75 Å². The molecule has 3 atom stereocenters. The Bertz CT molecular complexity index is 449. The van der Waals surface area contributed by atoms with Crippen LogP contribution in [0.2, 0.25) is 0 Å². The molecule has 21 heavy (non-hydrogen) atoms. The largest absolute Gasteiger partial charge is 0.494 e. The van der Waals surface area contributed by atoms with Crippen LogP contribution in [0.3, 0.4) is 0 Å². The number of benzene rings is 1. The lowest BCUT2D eigenvalue weighted by molar-refractivity contribution is 0.131. The Labute approximate surface area is 130 Å². The van der Waals surface area contributed by atoms with Gasteiger partial charge in [-0.1, -0.05) is 39.0 Å². The minimum atomic E-state index is 0.373. The van der Waals surface area contributed by atoms with E-state index in [1.54, 1.807) is 0 Å². The lowest BCUT2D eigenvalue weighted by atomic mass is 9.64. The summed E-state index contributed by atoms with van der Waals surface area (Å²) in [4.78, 5) is 0. The molecule has 1 aromatic rings. The van der Waals surface area contributed by atoms with Crippen molar-refractivity contribution in [2.75, 3.05) is 13.2 Å². The molecule has 2 N–H and O–H groups in total. The van der Waals surface area contributed by atoms with Crippen molar-refractivity contribution in [3.05, 3.63) is 29.8 Å². The summed E-state index contributed by atoms with van der Waals surface area (Å²) in [7, 11) is 0. The third-order valence-corrected chi connectivity index (χ3v) is 5.14. The van der Waals surface area contributed by atoms with Gasteiger partial charge in [-0.2, -0.15) is 0 Å². The number of rotatable bonds is 4. The first-order valence-electron chi connectivity index (χ1n) is 8.39. The SMILES string of the molecule is CCOc1ccccc1C1CC(C(C)(C)C)CCC1CN. The Morgan fingerprint density at radius 2 is 1.90 bits per heavy atom. The zero-order valence-corrected chi connectivity index (χ0v) is 14.1. The van der Waals surface area contributed by atoms with Crippen LogP contribution >= 0.6 is 0 Å². The highest BCUT2D eigenvalue weighted by Crippen LogP contribution is 2.48. The second-order valence-corrected chi connectivity index (χ2v) is 7.45. The Hall–Kier alpha value is -1.02. The molecule has 0 amide bonds. The standard InChI is InChI=1S/C19H31NO/c1-5-21-18-9-7-6-8-16(18)17-12-15(19(2,3)4)11-10-14(17)13-20/h6-9,14-15,17H,5,10-13,20H2,1-4H3. The first kappa shape index (κ1) is 16.4. The second-order valence-electron chi connectivity index (χ2n) is 7.45. The Balaban J connectivity index is 2.29. The highest BCUT2D eigenvalue weighted by molar-refractivity contribution is 5.37. The van der Waals surface area contributed by atoms with Crippen LogP contribution in [-0.2, 0) is 0 Å². The summed E-state index contributed by atoms with van der Waals surface area (Å²) < 4.78 is 5.86.